The van der Waals surface area contributed by atoms with Crippen LogP contribution in [0.25, 0.3) is 5.76 Å². The van der Waals surface area contributed by atoms with Crippen molar-refractivity contribution in [2.45, 2.75) is 19.8 Å². The fourth-order valence-electron chi connectivity index (χ4n) is 2.41. The zero-order valence-corrected chi connectivity index (χ0v) is 16.6. The lowest BCUT2D eigenvalue weighted by atomic mass is 10.1. The van der Waals surface area contributed by atoms with Crippen molar-refractivity contribution in [2.24, 2.45) is 0 Å². The molecule has 0 aliphatic carbocycles. The molecule has 0 aliphatic heterocycles. The van der Waals surface area contributed by atoms with Gasteiger partial charge in [-0.2, -0.15) is 0 Å². The summed E-state index contributed by atoms with van der Waals surface area (Å²) in [6.07, 6.45) is 1.68. The van der Waals surface area contributed by atoms with Crippen molar-refractivity contribution in [1.29, 1.82) is 0 Å². The first-order valence-electron chi connectivity index (χ1n) is 9.38. The van der Waals surface area contributed by atoms with Crippen molar-refractivity contribution in [3.63, 3.8) is 0 Å². The Balaban J connectivity index is 1.72. The van der Waals surface area contributed by atoms with Gasteiger partial charge < -0.3 is 18.9 Å². The van der Waals surface area contributed by atoms with Crippen LogP contribution in [0.3, 0.4) is 0 Å². The Morgan fingerprint density at radius 1 is 0.857 bits per heavy atom. The highest BCUT2D eigenvalue weighted by Gasteiger charge is 2.09. The number of rotatable bonds is 12. The number of benzene rings is 2. The van der Waals surface area contributed by atoms with E-state index in [4.69, 9.17) is 18.9 Å². The quantitative estimate of drug-likeness (QED) is 0.231. The first-order valence-corrected chi connectivity index (χ1v) is 9.38. The number of hydrogen-bond donors (Lipinski definition) is 0. The van der Waals surface area contributed by atoms with E-state index in [1.807, 2.05) is 19.1 Å². The molecule has 0 unspecified atom stereocenters. The first kappa shape index (κ1) is 21.7. The number of methoxy groups -OCH3 is 1. The van der Waals surface area contributed by atoms with E-state index in [0.717, 1.165) is 24.0 Å². The van der Waals surface area contributed by atoms with Gasteiger partial charge in [-0.1, -0.05) is 36.4 Å². The molecule has 0 radical (unpaired) electrons. The molecule has 5 heteroatoms. The molecule has 0 saturated carbocycles. The number of carbonyl (C=O) groups is 1. The zero-order valence-electron chi connectivity index (χ0n) is 16.6. The van der Waals surface area contributed by atoms with E-state index >= 15 is 0 Å². The molecule has 0 saturated heterocycles. The Kier molecular flexibility index (Phi) is 9.25. The van der Waals surface area contributed by atoms with Crippen molar-refractivity contribution in [3.05, 3.63) is 71.8 Å². The van der Waals surface area contributed by atoms with Crippen LogP contribution in [0.4, 0.5) is 0 Å². The number of esters is 1. The van der Waals surface area contributed by atoms with Crippen LogP contribution in [0.5, 0.6) is 5.75 Å². The smallest absolute Gasteiger partial charge is 0.343 e. The molecule has 5 nitrogen and oxygen atoms in total. The van der Waals surface area contributed by atoms with Crippen molar-refractivity contribution in [1.82, 2.24) is 0 Å². The molecule has 2 rings (SSSR count). The highest BCUT2D eigenvalue weighted by molar-refractivity contribution is 5.91. The van der Waals surface area contributed by atoms with Crippen molar-refractivity contribution in [3.8, 4) is 5.75 Å². The van der Waals surface area contributed by atoms with E-state index in [9.17, 15) is 4.79 Å². The Morgan fingerprint density at radius 2 is 1.46 bits per heavy atom. The van der Waals surface area contributed by atoms with Gasteiger partial charge in [-0.3, -0.25) is 0 Å². The Bertz CT molecular complexity index is 735. The Hall–Kier alpha value is -2.63. The molecule has 0 N–H and O–H groups in total. The van der Waals surface area contributed by atoms with Crippen LogP contribution in [0.1, 0.15) is 34.3 Å². The van der Waals surface area contributed by atoms with Crippen molar-refractivity contribution < 1.29 is 23.7 Å². The molecule has 0 aliphatic rings. The number of aryl methyl sites for hydroxylation is 1. The van der Waals surface area contributed by atoms with Gasteiger partial charge in [-0.05, 0) is 37.6 Å². The van der Waals surface area contributed by atoms with E-state index in [0.29, 0.717) is 43.5 Å². The third-order valence-corrected chi connectivity index (χ3v) is 4.02. The molecule has 150 valence electrons. The average Bonchev–Trinajstić information content (AvgIpc) is 2.71. The van der Waals surface area contributed by atoms with Crippen LogP contribution in [0, 0.1) is 6.92 Å². The van der Waals surface area contributed by atoms with Gasteiger partial charge in [0.05, 0.1) is 12.2 Å². The van der Waals surface area contributed by atoms with Gasteiger partial charge in [0.15, 0.2) is 0 Å². The van der Waals surface area contributed by atoms with Gasteiger partial charge in [0.2, 0.25) is 0 Å². The summed E-state index contributed by atoms with van der Waals surface area (Å²) >= 11 is 0. The maximum absolute atomic E-state index is 12.2. The van der Waals surface area contributed by atoms with Gasteiger partial charge in [0, 0.05) is 38.9 Å². The summed E-state index contributed by atoms with van der Waals surface area (Å²) in [4.78, 5) is 12.2. The number of hydrogen-bond acceptors (Lipinski definition) is 5. The third kappa shape index (κ3) is 7.55. The molecule has 2 aromatic rings. The largest absolute Gasteiger partial charge is 0.494 e. The summed E-state index contributed by atoms with van der Waals surface area (Å²) in [5, 5.41) is 0. The van der Waals surface area contributed by atoms with E-state index in [-0.39, 0.29) is 0 Å². The van der Waals surface area contributed by atoms with Gasteiger partial charge in [0.1, 0.15) is 11.5 Å². The topological polar surface area (TPSA) is 54.0 Å². The van der Waals surface area contributed by atoms with Gasteiger partial charge >= 0.3 is 5.97 Å². The van der Waals surface area contributed by atoms with Gasteiger partial charge in [-0.15, -0.1) is 0 Å². The van der Waals surface area contributed by atoms with E-state index in [1.165, 1.54) is 0 Å². The molecule has 28 heavy (non-hydrogen) atoms. The third-order valence-electron chi connectivity index (χ3n) is 4.02. The van der Waals surface area contributed by atoms with Gasteiger partial charge in [0.25, 0.3) is 0 Å². The lowest BCUT2D eigenvalue weighted by Crippen LogP contribution is -2.08. The van der Waals surface area contributed by atoms with Crippen molar-refractivity contribution >= 4 is 11.7 Å². The summed E-state index contributed by atoms with van der Waals surface area (Å²) in [6.45, 7) is 8.49. The molecule has 0 aromatic heterocycles. The summed E-state index contributed by atoms with van der Waals surface area (Å²) < 4.78 is 21.5. The molecule has 0 spiro atoms. The average molecular weight is 384 g/mol. The van der Waals surface area contributed by atoms with Crippen LogP contribution < -0.4 is 4.74 Å². The number of carbonyl (C=O) groups excluding carboxylic acids is 1. The molecule has 0 fully saturated rings. The Labute approximate surface area is 166 Å². The normalized spacial score (nSPS) is 10.5. The zero-order chi connectivity index (χ0) is 20.2. The molecular formula is C23H28O5. The lowest BCUT2D eigenvalue weighted by Gasteiger charge is -2.10. The fourth-order valence-corrected chi connectivity index (χ4v) is 2.41. The Morgan fingerprint density at radius 3 is 2.11 bits per heavy atom. The van der Waals surface area contributed by atoms with Crippen LogP contribution in [0.2, 0.25) is 0 Å². The van der Waals surface area contributed by atoms with Crippen LogP contribution in [-0.2, 0) is 14.2 Å². The van der Waals surface area contributed by atoms with E-state index in [1.54, 1.807) is 43.5 Å². The second-order valence-electron chi connectivity index (χ2n) is 6.36. The highest BCUT2D eigenvalue weighted by atomic mass is 16.5. The predicted molar refractivity (Wildman–Crippen MR) is 109 cm³/mol. The monoisotopic (exact) mass is 384 g/mol. The first-order chi connectivity index (χ1) is 13.6. The lowest BCUT2D eigenvalue weighted by molar-refractivity contribution is 0.0734. The summed E-state index contributed by atoms with van der Waals surface area (Å²) in [7, 11) is 1.68. The fraction of sp³-hybridized carbons (Fsp3) is 0.348. The van der Waals surface area contributed by atoms with Crippen LogP contribution in [-0.4, -0.2) is 39.5 Å². The highest BCUT2D eigenvalue weighted by Crippen LogP contribution is 2.17. The minimum absolute atomic E-state index is 0.396. The summed E-state index contributed by atoms with van der Waals surface area (Å²) in [5.74, 6) is 0.697. The van der Waals surface area contributed by atoms with E-state index < -0.39 is 5.97 Å². The predicted octanol–water partition coefficient (Wildman–Crippen LogP) is 4.64. The summed E-state index contributed by atoms with van der Waals surface area (Å²) in [6, 6.07) is 14.4. The molecule has 0 heterocycles. The SMILES string of the molecule is C=C(OCCCOCCCOC)c1ccc(C(=O)Oc2ccc(C)cc2)cc1. The minimum Gasteiger partial charge on any atom is -0.494 e. The van der Waals surface area contributed by atoms with Crippen LogP contribution >= 0.6 is 0 Å². The maximum Gasteiger partial charge on any atom is 0.343 e. The standard InChI is InChI=1S/C23H28O5/c1-18-6-12-22(13-7-18)28-23(24)21-10-8-20(9-11-21)19(2)27-17-5-16-26-15-4-14-25-3/h6-13H,2,4-5,14-17H2,1,3H3. The molecular weight excluding hydrogens is 356 g/mol. The van der Waals surface area contributed by atoms with Crippen molar-refractivity contribution in [2.75, 3.05) is 33.5 Å². The maximum atomic E-state index is 12.2. The molecule has 0 bridgehead atoms. The minimum atomic E-state index is -0.396. The number of ether oxygens (including phenoxy) is 4. The summed E-state index contributed by atoms with van der Waals surface area (Å²) in [5.41, 5.74) is 2.41. The second kappa shape index (κ2) is 12.0. The molecule has 2 aromatic carbocycles. The molecule has 0 amide bonds. The molecule has 0 atom stereocenters. The second-order valence-corrected chi connectivity index (χ2v) is 6.36. The van der Waals surface area contributed by atoms with Gasteiger partial charge in [-0.25, -0.2) is 4.79 Å². The van der Waals surface area contributed by atoms with E-state index in [2.05, 4.69) is 6.58 Å². The van der Waals surface area contributed by atoms with Crippen LogP contribution in [0.15, 0.2) is 55.1 Å².